The number of hydrogen-bond donors (Lipinski definition) is 0. The molecule has 152 valence electrons. The van der Waals surface area contributed by atoms with Gasteiger partial charge in [-0.05, 0) is 30.2 Å². The zero-order chi connectivity index (χ0) is 20.7. The number of piperazine rings is 1. The molecule has 0 atom stereocenters. The highest BCUT2D eigenvalue weighted by Gasteiger charge is 2.28. The first-order chi connectivity index (χ1) is 14.6. The number of para-hydroxylation sites is 1. The van der Waals surface area contributed by atoms with Gasteiger partial charge >= 0.3 is 0 Å². The maximum atomic E-state index is 13.0. The highest BCUT2D eigenvalue weighted by atomic mass is 16.2. The van der Waals surface area contributed by atoms with E-state index in [2.05, 4.69) is 16.1 Å². The quantitative estimate of drug-likeness (QED) is 0.669. The average molecular weight is 402 g/mol. The molecule has 0 saturated carbocycles. The fourth-order valence-corrected chi connectivity index (χ4v) is 4.09. The van der Waals surface area contributed by atoms with E-state index in [4.69, 9.17) is 0 Å². The van der Waals surface area contributed by atoms with E-state index >= 15 is 0 Å². The lowest BCUT2D eigenvalue weighted by Crippen LogP contribution is -2.50. The van der Waals surface area contributed by atoms with Crippen molar-refractivity contribution in [3.05, 3.63) is 66.1 Å². The first kappa shape index (κ1) is 18.4. The van der Waals surface area contributed by atoms with E-state index in [0.29, 0.717) is 31.0 Å². The van der Waals surface area contributed by atoms with Gasteiger partial charge in [0.1, 0.15) is 5.82 Å². The second-order valence-electron chi connectivity index (χ2n) is 7.58. The zero-order valence-corrected chi connectivity index (χ0v) is 16.7. The van der Waals surface area contributed by atoms with Crippen molar-refractivity contribution in [1.29, 1.82) is 0 Å². The Morgan fingerprint density at radius 3 is 2.63 bits per heavy atom. The largest absolute Gasteiger partial charge is 0.345 e. The molecule has 1 aromatic carbocycles. The van der Waals surface area contributed by atoms with Gasteiger partial charge in [-0.25, -0.2) is 4.98 Å². The van der Waals surface area contributed by atoms with Crippen LogP contribution in [-0.4, -0.2) is 52.8 Å². The predicted octanol–water partition coefficient (Wildman–Crippen LogP) is 1.87. The van der Waals surface area contributed by atoms with Crippen LogP contribution in [0.15, 0.2) is 55.0 Å². The minimum atomic E-state index is -0.0449. The lowest BCUT2D eigenvalue weighted by molar-refractivity contribution is -0.117. The van der Waals surface area contributed by atoms with Crippen LogP contribution in [0.2, 0.25) is 0 Å². The van der Waals surface area contributed by atoms with Crippen molar-refractivity contribution in [2.75, 3.05) is 40.9 Å². The molecule has 4 heterocycles. The summed E-state index contributed by atoms with van der Waals surface area (Å²) < 4.78 is 1.69. The number of anilines is 3. The summed E-state index contributed by atoms with van der Waals surface area (Å²) in [7, 11) is 1.83. The van der Waals surface area contributed by atoms with Crippen LogP contribution >= 0.6 is 0 Å². The van der Waals surface area contributed by atoms with Gasteiger partial charge in [0.25, 0.3) is 5.91 Å². The number of benzene rings is 1. The maximum absolute atomic E-state index is 13.0. The van der Waals surface area contributed by atoms with Crippen LogP contribution in [0, 0.1) is 0 Å². The third-order valence-electron chi connectivity index (χ3n) is 5.67. The van der Waals surface area contributed by atoms with E-state index in [-0.39, 0.29) is 18.4 Å². The summed E-state index contributed by atoms with van der Waals surface area (Å²) in [4.78, 5) is 35.5. The van der Waals surface area contributed by atoms with Gasteiger partial charge in [0, 0.05) is 44.8 Å². The molecule has 5 rings (SSSR count). The molecule has 2 amide bonds. The molecule has 2 aromatic heterocycles. The van der Waals surface area contributed by atoms with Crippen molar-refractivity contribution in [2.24, 2.45) is 7.05 Å². The molecule has 0 aliphatic carbocycles. The first-order valence-corrected chi connectivity index (χ1v) is 10.00. The number of aromatic nitrogens is 3. The first-order valence-electron chi connectivity index (χ1n) is 10.00. The molecule has 0 bridgehead atoms. The summed E-state index contributed by atoms with van der Waals surface area (Å²) in [6.07, 6.45) is 6.01. The van der Waals surface area contributed by atoms with Gasteiger partial charge in [-0.1, -0.05) is 18.2 Å². The van der Waals surface area contributed by atoms with Crippen LogP contribution in [0.5, 0.6) is 0 Å². The van der Waals surface area contributed by atoms with E-state index < -0.39 is 0 Å². The number of amides is 2. The van der Waals surface area contributed by atoms with Gasteiger partial charge in [-0.3, -0.25) is 14.3 Å². The fraction of sp³-hybridized carbons (Fsp3) is 0.273. The topological polar surface area (TPSA) is 74.6 Å². The summed E-state index contributed by atoms with van der Waals surface area (Å²) in [5.41, 5.74) is 3.53. The highest BCUT2D eigenvalue weighted by Crippen LogP contribution is 2.29. The number of nitrogens with zero attached hydrogens (tertiary/aromatic N) is 6. The van der Waals surface area contributed by atoms with Gasteiger partial charge in [0.15, 0.2) is 0 Å². The predicted molar refractivity (Wildman–Crippen MR) is 114 cm³/mol. The van der Waals surface area contributed by atoms with Crippen molar-refractivity contribution in [3.8, 4) is 0 Å². The smallest absolute Gasteiger partial charge is 0.259 e. The highest BCUT2D eigenvalue weighted by molar-refractivity contribution is 6.07. The molecule has 0 radical (unpaired) electrons. The summed E-state index contributed by atoms with van der Waals surface area (Å²) in [5.74, 6) is 0.661. The number of rotatable bonds is 3. The van der Waals surface area contributed by atoms with Crippen LogP contribution in [0.3, 0.4) is 0 Å². The molecule has 3 aromatic rings. The summed E-state index contributed by atoms with van der Waals surface area (Å²) in [5, 5.41) is 4.14. The number of pyridine rings is 1. The second kappa shape index (κ2) is 7.29. The standard InChI is InChI=1S/C22H22N6O2/c1-25-14-18(13-24-25)27-11-10-26(15-21(27)29)20-7-6-17(12-23-20)22(30)28-9-8-16-4-2-3-5-19(16)28/h2-7,12-14H,8-11,15H2,1H3. The number of hydrogen-bond acceptors (Lipinski definition) is 5. The Bertz CT molecular complexity index is 1110. The Kier molecular flexibility index (Phi) is 4.46. The van der Waals surface area contributed by atoms with E-state index in [1.165, 1.54) is 5.56 Å². The van der Waals surface area contributed by atoms with E-state index in [0.717, 1.165) is 17.8 Å². The van der Waals surface area contributed by atoms with Gasteiger partial charge in [0.05, 0.1) is 24.0 Å². The van der Waals surface area contributed by atoms with Crippen molar-refractivity contribution in [2.45, 2.75) is 6.42 Å². The lowest BCUT2D eigenvalue weighted by atomic mass is 10.2. The normalized spacial score (nSPS) is 16.2. The summed E-state index contributed by atoms with van der Waals surface area (Å²) in [6, 6.07) is 11.6. The van der Waals surface area contributed by atoms with E-state index in [1.54, 1.807) is 28.0 Å². The SMILES string of the molecule is Cn1cc(N2CCN(c3ccc(C(=O)N4CCc5ccccc54)cn3)CC2=O)cn1. The third-order valence-corrected chi connectivity index (χ3v) is 5.67. The van der Waals surface area contributed by atoms with Gasteiger partial charge < -0.3 is 14.7 Å². The van der Waals surface area contributed by atoms with Crippen LogP contribution < -0.4 is 14.7 Å². The lowest BCUT2D eigenvalue weighted by Gasteiger charge is -2.34. The second-order valence-corrected chi connectivity index (χ2v) is 7.58. The minimum Gasteiger partial charge on any atom is -0.345 e. The number of carbonyl (C=O) groups excluding carboxylic acids is 2. The van der Waals surface area contributed by atoms with Crippen LogP contribution in [0.25, 0.3) is 0 Å². The summed E-state index contributed by atoms with van der Waals surface area (Å²) >= 11 is 0. The molecule has 30 heavy (non-hydrogen) atoms. The van der Waals surface area contributed by atoms with E-state index in [9.17, 15) is 9.59 Å². The molecule has 0 unspecified atom stereocenters. The molecule has 0 N–H and O–H groups in total. The van der Waals surface area contributed by atoms with Gasteiger partial charge in [-0.15, -0.1) is 0 Å². The van der Waals surface area contributed by atoms with Crippen molar-refractivity contribution in [3.63, 3.8) is 0 Å². The van der Waals surface area contributed by atoms with Gasteiger partial charge in [0.2, 0.25) is 5.91 Å². The maximum Gasteiger partial charge on any atom is 0.259 e. The Morgan fingerprint density at radius 2 is 1.90 bits per heavy atom. The average Bonchev–Trinajstić information content (AvgIpc) is 3.39. The monoisotopic (exact) mass is 402 g/mol. The van der Waals surface area contributed by atoms with Crippen LogP contribution in [0.1, 0.15) is 15.9 Å². The van der Waals surface area contributed by atoms with E-state index in [1.807, 2.05) is 47.3 Å². The molecule has 2 aliphatic rings. The molecule has 1 fully saturated rings. The third kappa shape index (κ3) is 3.20. The fourth-order valence-electron chi connectivity index (χ4n) is 4.09. The molecule has 0 spiro atoms. The Labute approximate surface area is 174 Å². The molecule has 8 heteroatoms. The Balaban J connectivity index is 1.28. The Morgan fingerprint density at radius 1 is 1.03 bits per heavy atom. The Hall–Kier alpha value is -3.68. The number of carbonyl (C=O) groups is 2. The van der Waals surface area contributed by atoms with Crippen molar-refractivity contribution >= 4 is 29.0 Å². The van der Waals surface area contributed by atoms with Crippen LogP contribution in [0.4, 0.5) is 17.2 Å². The number of aryl methyl sites for hydroxylation is 1. The molecule has 1 saturated heterocycles. The van der Waals surface area contributed by atoms with Crippen molar-refractivity contribution in [1.82, 2.24) is 14.8 Å². The zero-order valence-electron chi connectivity index (χ0n) is 16.7. The molecular weight excluding hydrogens is 380 g/mol. The van der Waals surface area contributed by atoms with Crippen molar-refractivity contribution < 1.29 is 9.59 Å². The number of fused-ring (bicyclic) bond motifs is 1. The van der Waals surface area contributed by atoms with Crippen LogP contribution in [-0.2, 0) is 18.3 Å². The molecule has 8 nitrogen and oxygen atoms in total. The summed E-state index contributed by atoms with van der Waals surface area (Å²) in [6.45, 7) is 2.16. The van der Waals surface area contributed by atoms with Gasteiger partial charge in [-0.2, -0.15) is 5.10 Å². The minimum absolute atomic E-state index is 0.00452. The molecule has 2 aliphatic heterocycles. The molecular formula is C22H22N6O2.